The van der Waals surface area contributed by atoms with Crippen LogP contribution in [-0.4, -0.2) is 55.3 Å². The van der Waals surface area contributed by atoms with Crippen LogP contribution in [0, 0.1) is 5.92 Å². The number of likely N-dealkylation sites (tertiary alicyclic amines) is 1. The van der Waals surface area contributed by atoms with Crippen LogP contribution >= 0.6 is 0 Å². The summed E-state index contributed by atoms with van der Waals surface area (Å²) in [5, 5.41) is 13.3. The van der Waals surface area contributed by atoms with Gasteiger partial charge in [0.1, 0.15) is 19.5 Å². The Morgan fingerprint density at radius 3 is 2.68 bits per heavy atom. The van der Waals surface area contributed by atoms with E-state index in [9.17, 15) is 9.90 Å². The lowest BCUT2D eigenvalue weighted by Gasteiger charge is -2.33. The molecule has 0 bridgehead atoms. The summed E-state index contributed by atoms with van der Waals surface area (Å²) >= 11 is 0. The van der Waals surface area contributed by atoms with Gasteiger partial charge in [-0.3, -0.25) is 4.79 Å². The molecule has 0 spiro atoms. The minimum atomic E-state index is -0.451. The molecule has 0 aromatic heterocycles. The lowest BCUT2D eigenvalue weighted by molar-refractivity contribution is -0.122. The van der Waals surface area contributed by atoms with Crippen LogP contribution in [0.3, 0.4) is 0 Å². The van der Waals surface area contributed by atoms with Crippen LogP contribution < -0.4 is 5.32 Å². The van der Waals surface area contributed by atoms with Gasteiger partial charge >= 0.3 is 0 Å². The van der Waals surface area contributed by atoms with E-state index in [1.807, 2.05) is 30.3 Å². The van der Waals surface area contributed by atoms with E-state index in [2.05, 4.69) is 10.2 Å². The molecule has 6 nitrogen and oxygen atoms in total. The monoisotopic (exact) mass is 346 g/mol. The van der Waals surface area contributed by atoms with E-state index in [0.717, 1.165) is 31.5 Å². The fourth-order valence-electron chi connectivity index (χ4n) is 3.21. The maximum atomic E-state index is 12.0. The van der Waals surface area contributed by atoms with Gasteiger partial charge in [-0.05, 0) is 37.4 Å². The molecule has 0 unspecified atom stereocenters. The second kappa shape index (κ2) is 8.87. The summed E-state index contributed by atoms with van der Waals surface area (Å²) < 4.78 is 10.4. The predicted molar refractivity (Wildman–Crippen MR) is 93.6 cm³/mol. The van der Waals surface area contributed by atoms with Gasteiger partial charge in [-0.25, -0.2) is 0 Å². The summed E-state index contributed by atoms with van der Waals surface area (Å²) in [6.07, 6.45) is 2.95. The van der Waals surface area contributed by atoms with Crippen LogP contribution in [0.5, 0.6) is 0 Å². The number of aliphatic hydroxyl groups is 1. The molecule has 2 N–H and O–H groups in total. The summed E-state index contributed by atoms with van der Waals surface area (Å²) in [7, 11) is 0. The summed E-state index contributed by atoms with van der Waals surface area (Å²) in [4.78, 5) is 14.3. The van der Waals surface area contributed by atoms with Gasteiger partial charge in [-0.15, -0.1) is 0 Å². The predicted octanol–water partition coefficient (Wildman–Crippen LogP) is 1.44. The van der Waals surface area contributed by atoms with Crippen molar-refractivity contribution >= 4 is 5.91 Å². The third-order valence-corrected chi connectivity index (χ3v) is 4.75. The molecule has 1 amide bonds. The van der Waals surface area contributed by atoms with Crippen molar-refractivity contribution in [3.8, 4) is 0 Å². The SMILES string of the molecule is O=C(NCC1CCN(C[C@@H](O)c2ccccc2)CC1)C1=COCCO1. The lowest BCUT2D eigenvalue weighted by atomic mass is 9.96. The molecule has 1 aromatic rings. The normalized spacial score (nSPS) is 20.1. The average molecular weight is 346 g/mol. The number of nitrogens with one attached hydrogen (secondary N) is 1. The molecule has 136 valence electrons. The van der Waals surface area contributed by atoms with E-state index in [1.165, 1.54) is 6.26 Å². The van der Waals surface area contributed by atoms with E-state index in [0.29, 0.717) is 32.2 Å². The van der Waals surface area contributed by atoms with Crippen molar-refractivity contribution in [3.63, 3.8) is 0 Å². The van der Waals surface area contributed by atoms with Crippen LogP contribution in [0.4, 0.5) is 0 Å². The second-order valence-corrected chi connectivity index (χ2v) is 6.58. The molecule has 1 saturated heterocycles. The summed E-state index contributed by atoms with van der Waals surface area (Å²) in [5.74, 6) is 0.510. The van der Waals surface area contributed by atoms with E-state index in [1.54, 1.807) is 0 Å². The Morgan fingerprint density at radius 1 is 1.24 bits per heavy atom. The number of carbonyl (C=O) groups is 1. The third-order valence-electron chi connectivity index (χ3n) is 4.75. The van der Waals surface area contributed by atoms with Crippen molar-refractivity contribution in [1.29, 1.82) is 0 Å². The standard InChI is InChI=1S/C19H26N2O4/c22-17(16-4-2-1-3-5-16)13-21-8-6-15(7-9-21)12-20-19(23)18-14-24-10-11-25-18/h1-5,14-15,17,22H,6-13H2,(H,20,23)/t17-/m1/s1. The number of benzene rings is 1. The molecule has 0 aliphatic carbocycles. The Hall–Kier alpha value is -2.05. The largest absolute Gasteiger partial charge is 0.494 e. The highest BCUT2D eigenvalue weighted by molar-refractivity contribution is 5.91. The van der Waals surface area contributed by atoms with Crippen molar-refractivity contribution < 1.29 is 19.4 Å². The zero-order chi connectivity index (χ0) is 17.5. The Labute approximate surface area is 148 Å². The summed E-state index contributed by atoms with van der Waals surface area (Å²) in [5.41, 5.74) is 0.958. The van der Waals surface area contributed by atoms with E-state index in [-0.39, 0.29) is 11.7 Å². The van der Waals surface area contributed by atoms with Crippen LogP contribution in [0.1, 0.15) is 24.5 Å². The Balaban J connectivity index is 1.37. The quantitative estimate of drug-likeness (QED) is 0.816. The number of amides is 1. The van der Waals surface area contributed by atoms with Gasteiger partial charge in [0.05, 0.1) is 6.10 Å². The van der Waals surface area contributed by atoms with Crippen molar-refractivity contribution in [2.75, 3.05) is 39.4 Å². The summed E-state index contributed by atoms with van der Waals surface area (Å²) in [6.45, 7) is 4.08. The highest BCUT2D eigenvalue weighted by Crippen LogP contribution is 2.20. The van der Waals surface area contributed by atoms with Gasteiger partial charge < -0.3 is 24.8 Å². The number of piperidine rings is 1. The molecule has 2 heterocycles. The Bertz CT molecular complexity index is 582. The van der Waals surface area contributed by atoms with E-state index < -0.39 is 6.10 Å². The number of aliphatic hydroxyl groups excluding tert-OH is 1. The van der Waals surface area contributed by atoms with Crippen LogP contribution in [-0.2, 0) is 14.3 Å². The number of β-amino-alcohol motifs (C(OH)–C–C–N with tert-alkyl or cyclic N) is 1. The topological polar surface area (TPSA) is 71.0 Å². The van der Waals surface area contributed by atoms with Crippen molar-refractivity contribution in [1.82, 2.24) is 10.2 Å². The van der Waals surface area contributed by atoms with Crippen LogP contribution in [0.25, 0.3) is 0 Å². The zero-order valence-corrected chi connectivity index (χ0v) is 14.4. The molecular weight excluding hydrogens is 320 g/mol. The lowest BCUT2D eigenvalue weighted by Crippen LogP contribution is -2.40. The van der Waals surface area contributed by atoms with Crippen molar-refractivity contribution in [2.24, 2.45) is 5.92 Å². The highest BCUT2D eigenvalue weighted by atomic mass is 16.6. The minimum absolute atomic E-state index is 0.207. The number of hydrogen-bond donors (Lipinski definition) is 2. The van der Waals surface area contributed by atoms with Gasteiger partial charge in [0.15, 0.2) is 0 Å². The molecule has 2 aliphatic heterocycles. The van der Waals surface area contributed by atoms with Gasteiger partial charge in [0, 0.05) is 13.1 Å². The average Bonchev–Trinajstić information content (AvgIpc) is 2.68. The van der Waals surface area contributed by atoms with Crippen LogP contribution in [0.15, 0.2) is 42.4 Å². The van der Waals surface area contributed by atoms with Crippen molar-refractivity contribution in [3.05, 3.63) is 47.9 Å². The fraction of sp³-hybridized carbons (Fsp3) is 0.526. The number of rotatable bonds is 6. The number of carbonyl (C=O) groups excluding carboxylic acids is 1. The fourth-order valence-corrected chi connectivity index (χ4v) is 3.21. The molecule has 3 rings (SSSR count). The van der Waals surface area contributed by atoms with Gasteiger partial charge in [-0.2, -0.15) is 0 Å². The molecule has 1 aromatic carbocycles. The zero-order valence-electron chi connectivity index (χ0n) is 14.4. The highest BCUT2D eigenvalue weighted by Gasteiger charge is 2.23. The summed E-state index contributed by atoms with van der Waals surface area (Å²) in [6, 6.07) is 9.77. The first-order chi connectivity index (χ1) is 12.2. The minimum Gasteiger partial charge on any atom is -0.494 e. The van der Waals surface area contributed by atoms with E-state index in [4.69, 9.17) is 9.47 Å². The molecule has 1 atom stereocenters. The van der Waals surface area contributed by atoms with E-state index >= 15 is 0 Å². The second-order valence-electron chi connectivity index (χ2n) is 6.58. The number of hydrogen-bond acceptors (Lipinski definition) is 5. The molecule has 25 heavy (non-hydrogen) atoms. The maximum Gasteiger partial charge on any atom is 0.289 e. The molecule has 2 aliphatic rings. The van der Waals surface area contributed by atoms with Crippen molar-refractivity contribution in [2.45, 2.75) is 18.9 Å². The Kier molecular flexibility index (Phi) is 6.30. The number of nitrogens with zero attached hydrogens (tertiary/aromatic N) is 1. The molecule has 0 radical (unpaired) electrons. The Morgan fingerprint density at radius 2 is 2.00 bits per heavy atom. The van der Waals surface area contributed by atoms with Crippen LogP contribution in [0.2, 0.25) is 0 Å². The molecule has 1 fully saturated rings. The first kappa shape index (κ1) is 17.8. The maximum absolute atomic E-state index is 12.0. The van der Waals surface area contributed by atoms with Gasteiger partial charge in [0.2, 0.25) is 5.76 Å². The molecule has 6 heteroatoms. The van der Waals surface area contributed by atoms with Gasteiger partial charge in [0.25, 0.3) is 5.91 Å². The number of ether oxygens (including phenoxy) is 2. The molecule has 0 saturated carbocycles. The first-order valence-corrected chi connectivity index (χ1v) is 8.90. The third kappa shape index (κ3) is 5.21. The smallest absolute Gasteiger partial charge is 0.289 e. The first-order valence-electron chi connectivity index (χ1n) is 8.90. The van der Waals surface area contributed by atoms with Gasteiger partial charge in [-0.1, -0.05) is 30.3 Å². The molecular formula is C19H26N2O4.